The molecule has 2 rings (SSSR count). The first-order valence-corrected chi connectivity index (χ1v) is 5.02. The first-order valence-electron chi connectivity index (χ1n) is 5.02. The summed E-state index contributed by atoms with van der Waals surface area (Å²) in [6.07, 6.45) is 3.80. The van der Waals surface area contributed by atoms with Gasteiger partial charge in [-0.2, -0.15) is 5.10 Å². The van der Waals surface area contributed by atoms with E-state index in [0.29, 0.717) is 0 Å². The molecule has 1 heterocycles. The van der Waals surface area contributed by atoms with Crippen LogP contribution in [-0.2, 0) is 13.6 Å². The third kappa shape index (κ3) is 2.59. The first-order chi connectivity index (χ1) is 7.24. The van der Waals surface area contributed by atoms with Crippen LogP contribution >= 0.6 is 0 Å². The number of benzene rings is 1. The molecule has 0 aliphatic heterocycles. The number of hydrogen-bond donors (Lipinski definition) is 1. The minimum atomic E-state index is 0.841. The van der Waals surface area contributed by atoms with Gasteiger partial charge < -0.3 is 5.32 Å². The van der Waals surface area contributed by atoms with Crippen molar-refractivity contribution in [3.8, 4) is 0 Å². The van der Waals surface area contributed by atoms with Crippen LogP contribution in [0.15, 0.2) is 36.7 Å². The van der Waals surface area contributed by atoms with Crippen molar-refractivity contribution >= 4 is 5.69 Å². The summed E-state index contributed by atoms with van der Waals surface area (Å²) < 4.78 is 1.79. The second kappa shape index (κ2) is 4.17. The van der Waals surface area contributed by atoms with Gasteiger partial charge in [-0.25, -0.2) is 0 Å². The van der Waals surface area contributed by atoms with Crippen LogP contribution in [0.25, 0.3) is 0 Å². The Bertz CT molecular complexity index is 446. The first kappa shape index (κ1) is 9.77. The van der Waals surface area contributed by atoms with Gasteiger partial charge in [-0.1, -0.05) is 29.8 Å². The van der Waals surface area contributed by atoms with E-state index in [1.165, 1.54) is 11.1 Å². The maximum atomic E-state index is 4.10. The lowest BCUT2D eigenvalue weighted by atomic mass is 10.1. The van der Waals surface area contributed by atoms with Crippen molar-refractivity contribution in [2.24, 2.45) is 7.05 Å². The van der Waals surface area contributed by atoms with Gasteiger partial charge in [0, 0.05) is 19.8 Å². The fourth-order valence-corrected chi connectivity index (χ4v) is 1.54. The molecule has 0 saturated carbocycles. The van der Waals surface area contributed by atoms with Crippen molar-refractivity contribution in [2.75, 3.05) is 5.32 Å². The zero-order valence-electron chi connectivity index (χ0n) is 9.07. The van der Waals surface area contributed by atoms with E-state index < -0.39 is 0 Å². The fourth-order valence-electron chi connectivity index (χ4n) is 1.54. The summed E-state index contributed by atoms with van der Waals surface area (Å²) in [5.41, 5.74) is 3.64. The minimum absolute atomic E-state index is 0.841. The number of hydrogen-bond acceptors (Lipinski definition) is 2. The van der Waals surface area contributed by atoms with E-state index in [4.69, 9.17) is 0 Å². The van der Waals surface area contributed by atoms with E-state index in [9.17, 15) is 0 Å². The van der Waals surface area contributed by atoms with Crippen LogP contribution in [0.1, 0.15) is 11.1 Å². The molecule has 15 heavy (non-hydrogen) atoms. The molecule has 0 aliphatic carbocycles. The standard InChI is InChI=1S/C12H15N3/c1-10-4-3-5-11(6-10)7-13-12-8-14-15(2)9-12/h3-6,8-9,13H,7H2,1-2H3. The topological polar surface area (TPSA) is 29.9 Å². The number of nitrogens with one attached hydrogen (secondary N) is 1. The normalized spacial score (nSPS) is 10.3. The van der Waals surface area contributed by atoms with Gasteiger partial charge in [0.25, 0.3) is 0 Å². The van der Waals surface area contributed by atoms with Crippen molar-refractivity contribution in [2.45, 2.75) is 13.5 Å². The quantitative estimate of drug-likeness (QED) is 0.826. The average Bonchev–Trinajstić information content (AvgIpc) is 2.62. The van der Waals surface area contributed by atoms with Gasteiger partial charge in [-0.05, 0) is 12.5 Å². The summed E-state index contributed by atoms with van der Waals surface area (Å²) in [4.78, 5) is 0. The molecule has 1 aromatic carbocycles. The Labute approximate surface area is 89.7 Å². The van der Waals surface area contributed by atoms with Crippen LogP contribution in [-0.4, -0.2) is 9.78 Å². The smallest absolute Gasteiger partial charge is 0.0729 e. The molecular formula is C12H15N3. The van der Waals surface area contributed by atoms with Crippen molar-refractivity contribution in [1.82, 2.24) is 9.78 Å². The van der Waals surface area contributed by atoms with Crippen molar-refractivity contribution < 1.29 is 0 Å². The Balaban J connectivity index is 1.99. The summed E-state index contributed by atoms with van der Waals surface area (Å²) >= 11 is 0. The van der Waals surface area contributed by atoms with Crippen LogP contribution in [0.4, 0.5) is 5.69 Å². The Morgan fingerprint density at radius 1 is 1.40 bits per heavy atom. The third-order valence-corrected chi connectivity index (χ3v) is 2.28. The van der Waals surface area contributed by atoms with Crippen LogP contribution in [0.3, 0.4) is 0 Å². The predicted octanol–water partition coefficient (Wildman–Crippen LogP) is 2.34. The Kier molecular flexibility index (Phi) is 2.72. The van der Waals surface area contributed by atoms with E-state index in [1.54, 1.807) is 4.68 Å². The second-order valence-corrected chi connectivity index (χ2v) is 3.75. The summed E-state index contributed by atoms with van der Waals surface area (Å²) in [5.74, 6) is 0. The molecule has 2 aromatic rings. The molecular weight excluding hydrogens is 186 g/mol. The highest BCUT2D eigenvalue weighted by atomic mass is 15.3. The Morgan fingerprint density at radius 2 is 2.27 bits per heavy atom. The van der Waals surface area contributed by atoms with Gasteiger partial charge in [0.05, 0.1) is 11.9 Å². The molecule has 0 saturated heterocycles. The lowest BCUT2D eigenvalue weighted by molar-refractivity contribution is 0.768. The van der Waals surface area contributed by atoms with Gasteiger partial charge in [-0.15, -0.1) is 0 Å². The van der Waals surface area contributed by atoms with Crippen LogP contribution in [0.2, 0.25) is 0 Å². The highest BCUT2D eigenvalue weighted by Gasteiger charge is 1.96. The van der Waals surface area contributed by atoms with Gasteiger partial charge in [0.1, 0.15) is 0 Å². The van der Waals surface area contributed by atoms with Crippen molar-refractivity contribution in [3.63, 3.8) is 0 Å². The second-order valence-electron chi connectivity index (χ2n) is 3.75. The molecule has 1 N–H and O–H groups in total. The maximum Gasteiger partial charge on any atom is 0.0729 e. The largest absolute Gasteiger partial charge is 0.378 e. The van der Waals surface area contributed by atoms with E-state index in [-0.39, 0.29) is 0 Å². The Morgan fingerprint density at radius 3 is 2.93 bits per heavy atom. The molecule has 0 bridgehead atoms. The number of rotatable bonds is 3. The molecule has 0 aliphatic rings. The van der Waals surface area contributed by atoms with Gasteiger partial charge in [0.2, 0.25) is 0 Å². The predicted molar refractivity (Wildman–Crippen MR) is 61.7 cm³/mol. The maximum absolute atomic E-state index is 4.10. The van der Waals surface area contributed by atoms with Crippen LogP contribution in [0.5, 0.6) is 0 Å². The number of nitrogens with zero attached hydrogens (tertiary/aromatic N) is 2. The summed E-state index contributed by atoms with van der Waals surface area (Å²) in [5, 5.41) is 7.43. The molecule has 0 unspecified atom stereocenters. The van der Waals surface area contributed by atoms with E-state index in [1.807, 2.05) is 19.4 Å². The lowest BCUT2D eigenvalue weighted by Crippen LogP contribution is -1.98. The molecule has 1 aromatic heterocycles. The molecule has 3 nitrogen and oxygen atoms in total. The van der Waals surface area contributed by atoms with Gasteiger partial charge >= 0.3 is 0 Å². The fraction of sp³-hybridized carbons (Fsp3) is 0.250. The van der Waals surface area contributed by atoms with Crippen molar-refractivity contribution in [1.29, 1.82) is 0 Å². The van der Waals surface area contributed by atoms with Gasteiger partial charge in [0.15, 0.2) is 0 Å². The van der Waals surface area contributed by atoms with Crippen LogP contribution < -0.4 is 5.32 Å². The minimum Gasteiger partial charge on any atom is -0.378 e. The van der Waals surface area contributed by atoms with Gasteiger partial charge in [-0.3, -0.25) is 4.68 Å². The van der Waals surface area contributed by atoms with E-state index in [0.717, 1.165) is 12.2 Å². The Hall–Kier alpha value is -1.77. The van der Waals surface area contributed by atoms with Crippen LogP contribution in [0, 0.1) is 6.92 Å². The molecule has 78 valence electrons. The molecule has 0 fully saturated rings. The molecule has 0 amide bonds. The lowest BCUT2D eigenvalue weighted by Gasteiger charge is -2.04. The zero-order chi connectivity index (χ0) is 10.7. The van der Waals surface area contributed by atoms with E-state index in [2.05, 4.69) is 41.6 Å². The molecule has 0 radical (unpaired) electrons. The summed E-state index contributed by atoms with van der Waals surface area (Å²) in [6.45, 7) is 2.95. The monoisotopic (exact) mass is 201 g/mol. The van der Waals surface area contributed by atoms with E-state index >= 15 is 0 Å². The summed E-state index contributed by atoms with van der Waals surface area (Å²) in [6, 6.07) is 8.49. The molecule has 3 heteroatoms. The highest BCUT2D eigenvalue weighted by molar-refractivity contribution is 5.39. The summed E-state index contributed by atoms with van der Waals surface area (Å²) in [7, 11) is 1.91. The third-order valence-electron chi connectivity index (χ3n) is 2.28. The highest BCUT2D eigenvalue weighted by Crippen LogP contribution is 2.08. The number of aryl methyl sites for hydroxylation is 2. The number of anilines is 1. The molecule has 0 atom stereocenters. The molecule has 0 spiro atoms. The number of aromatic nitrogens is 2. The van der Waals surface area contributed by atoms with Crippen molar-refractivity contribution in [3.05, 3.63) is 47.8 Å². The SMILES string of the molecule is Cc1cccc(CNc2cnn(C)c2)c1. The average molecular weight is 201 g/mol. The zero-order valence-corrected chi connectivity index (χ0v) is 9.07.